The van der Waals surface area contributed by atoms with Crippen LogP contribution in [0.25, 0.3) is 0 Å². The van der Waals surface area contributed by atoms with Gasteiger partial charge in [-0.25, -0.2) is 4.39 Å². The van der Waals surface area contributed by atoms with Gasteiger partial charge in [0.1, 0.15) is 11.6 Å². The largest absolute Gasteiger partial charge is 0.493 e. The Labute approximate surface area is 106 Å². The van der Waals surface area contributed by atoms with Crippen molar-refractivity contribution in [1.29, 1.82) is 0 Å². The van der Waals surface area contributed by atoms with Crippen LogP contribution in [-0.2, 0) is 4.79 Å². The molecule has 0 heterocycles. The third kappa shape index (κ3) is 5.63. The van der Waals surface area contributed by atoms with E-state index in [1.807, 2.05) is 6.92 Å². The van der Waals surface area contributed by atoms with E-state index in [4.69, 9.17) is 4.74 Å². The molecule has 1 unspecified atom stereocenters. The van der Waals surface area contributed by atoms with E-state index in [2.05, 4.69) is 5.32 Å². The number of carbonyl (C=O) groups is 1. The Morgan fingerprint density at radius 3 is 2.72 bits per heavy atom. The van der Waals surface area contributed by atoms with Gasteiger partial charge in [0.05, 0.1) is 19.1 Å². The van der Waals surface area contributed by atoms with Gasteiger partial charge in [-0.3, -0.25) is 4.79 Å². The lowest BCUT2D eigenvalue weighted by Crippen LogP contribution is -2.32. The summed E-state index contributed by atoms with van der Waals surface area (Å²) in [6, 6.07) is 5.61. The lowest BCUT2D eigenvalue weighted by atomic mass is 10.3. The Hall–Kier alpha value is -1.62. The first-order chi connectivity index (χ1) is 8.61. The molecule has 0 aromatic heterocycles. The van der Waals surface area contributed by atoms with Crippen molar-refractivity contribution in [2.75, 3.05) is 13.2 Å². The predicted molar refractivity (Wildman–Crippen MR) is 65.8 cm³/mol. The maximum atomic E-state index is 12.6. The summed E-state index contributed by atoms with van der Waals surface area (Å²) in [5.41, 5.74) is 0. The molecule has 0 fully saturated rings. The summed E-state index contributed by atoms with van der Waals surface area (Å²) in [6.07, 6.45) is 0.298. The summed E-state index contributed by atoms with van der Waals surface area (Å²) in [4.78, 5) is 11.3. The predicted octanol–water partition coefficient (Wildman–Crippen LogP) is 1.48. The molecule has 0 bridgehead atoms. The third-order valence-electron chi connectivity index (χ3n) is 2.42. The number of hydrogen-bond donors (Lipinski definition) is 2. The van der Waals surface area contributed by atoms with Crippen molar-refractivity contribution in [2.45, 2.75) is 25.9 Å². The van der Waals surface area contributed by atoms with Crippen LogP contribution in [0.2, 0.25) is 0 Å². The van der Waals surface area contributed by atoms with Crippen LogP contribution in [0, 0.1) is 5.82 Å². The van der Waals surface area contributed by atoms with E-state index < -0.39 is 6.10 Å². The SMILES string of the molecule is CCC(O)CNC(=O)CCOc1ccc(F)cc1. The topological polar surface area (TPSA) is 58.6 Å². The van der Waals surface area contributed by atoms with E-state index in [1.54, 1.807) is 0 Å². The number of nitrogens with one attached hydrogen (secondary N) is 1. The van der Waals surface area contributed by atoms with Crippen LogP contribution in [0.5, 0.6) is 5.75 Å². The number of amides is 1. The molecule has 100 valence electrons. The molecular weight excluding hydrogens is 237 g/mol. The summed E-state index contributed by atoms with van der Waals surface area (Å²) >= 11 is 0. The fraction of sp³-hybridized carbons (Fsp3) is 0.462. The van der Waals surface area contributed by atoms with E-state index in [9.17, 15) is 14.3 Å². The first-order valence-electron chi connectivity index (χ1n) is 5.95. The van der Waals surface area contributed by atoms with Crippen molar-refractivity contribution in [1.82, 2.24) is 5.32 Å². The highest BCUT2D eigenvalue weighted by Crippen LogP contribution is 2.10. The van der Waals surface area contributed by atoms with Crippen LogP contribution in [-0.4, -0.2) is 30.3 Å². The Bertz CT molecular complexity index is 367. The summed E-state index contributed by atoms with van der Waals surface area (Å²) in [6.45, 7) is 2.32. The molecule has 0 saturated carbocycles. The van der Waals surface area contributed by atoms with Gasteiger partial charge in [-0.05, 0) is 30.7 Å². The van der Waals surface area contributed by atoms with Crippen molar-refractivity contribution < 1.29 is 19.0 Å². The molecule has 0 aliphatic carbocycles. The molecule has 18 heavy (non-hydrogen) atoms. The minimum atomic E-state index is -0.507. The quantitative estimate of drug-likeness (QED) is 0.776. The van der Waals surface area contributed by atoms with Crippen molar-refractivity contribution in [2.24, 2.45) is 0 Å². The molecule has 5 heteroatoms. The van der Waals surface area contributed by atoms with Gasteiger partial charge in [0, 0.05) is 6.54 Å². The molecule has 0 spiro atoms. The maximum Gasteiger partial charge on any atom is 0.223 e. The number of aliphatic hydroxyl groups is 1. The second kappa shape index (κ2) is 7.66. The Kier molecular flexibility index (Phi) is 6.14. The van der Waals surface area contributed by atoms with Gasteiger partial charge in [0.15, 0.2) is 0 Å². The van der Waals surface area contributed by atoms with Crippen LogP contribution in [0.15, 0.2) is 24.3 Å². The van der Waals surface area contributed by atoms with E-state index in [1.165, 1.54) is 24.3 Å². The Balaban J connectivity index is 2.17. The van der Waals surface area contributed by atoms with Crippen molar-refractivity contribution in [3.05, 3.63) is 30.1 Å². The zero-order valence-electron chi connectivity index (χ0n) is 10.4. The standard InChI is InChI=1S/C13H18FNO3/c1-2-11(16)9-15-13(17)7-8-18-12-5-3-10(14)4-6-12/h3-6,11,16H,2,7-9H2,1H3,(H,15,17). The molecule has 1 aromatic rings. The summed E-state index contributed by atoms with van der Waals surface area (Å²) in [5, 5.41) is 11.9. The summed E-state index contributed by atoms with van der Waals surface area (Å²) in [7, 11) is 0. The van der Waals surface area contributed by atoms with E-state index >= 15 is 0 Å². The zero-order chi connectivity index (χ0) is 13.4. The monoisotopic (exact) mass is 255 g/mol. The highest BCUT2D eigenvalue weighted by Gasteiger charge is 2.05. The number of carbonyl (C=O) groups excluding carboxylic acids is 1. The van der Waals surface area contributed by atoms with Crippen molar-refractivity contribution >= 4 is 5.91 Å². The van der Waals surface area contributed by atoms with Gasteiger partial charge in [-0.1, -0.05) is 6.92 Å². The number of rotatable bonds is 7. The number of aliphatic hydroxyl groups excluding tert-OH is 1. The molecular formula is C13H18FNO3. The molecule has 4 nitrogen and oxygen atoms in total. The van der Waals surface area contributed by atoms with Gasteiger partial charge < -0.3 is 15.2 Å². The molecule has 1 atom stereocenters. The lowest BCUT2D eigenvalue weighted by Gasteiger charge is -2.10. The fourth-order valence-corrected chi connectivity index (χ4v) is 1.26. The van der Waals surface area contributed by atoms with Gasteiger partial charge >= 0.3 is 0 Å². The second-order valence-electron chi connectivity index (χ2n) is 3.92. The number of ether oxygens (including phenoxy) is 1. The van der Waals surface area contributed by atoms with Gasteiger partial charge in [0.25, 0.3) is 0 Å². The minimum absolute atomic E-state index is 0.176. The molecule has 0 radical (unpaired) electrons. The lowest BCUT2D eigenvalue weighted by molar-refractivity contribution is -0.122. The zero-order valence-corrected chi connectivity index (χ0v) is 10.4. The average molecular weight is 255 g/mol. The first-order valence-corrected chi connectivity index (χ1v) is 5.95. The van der Waals surface area contributed by atoms with Gasteiger partial charge in [-0.2, -0.15) is 0 Å². The van der Waals surface area contributed by atoms with E-state index in [0.29, 0.717) is 12.2 Å². The highest BCUT2D eigenvalue weighted by atomic mass is 19.1. The average Bonchev–Trinajstić information content (AvgIpc) is 2.38. The van der Waals surface area contributed by atoms with Crippen LogP contribution in [0.1, 0.15) is 19.8 Å². The smallest absolute Gasteiger partial charge is 0.223 e. The van der Waals surface area contributed by atoms with Crippen LogP contribution >= 0.6 is 0 Å². The fourth-order valence-electron chi connectivity index (χ4n) is 1.26. The molecule has 0 aliphatic heterocycles. The maximum absolute atomic E-state index is 12.6. The molecule has 0 saturated heterocycles. The van der Waals surface area contributed by atoms with Crippen LogP contribution < -0.4 is 10.1 Å². The summed E-state index contributed by atoms with van der Waals surface area (Å²) < 4.78 is 17.9. The second-order valence-corrected chi connectivity index (χ2v) is 3.92. The molecule has 0 aliphatic rings. The number of hydrogen-bond acceptors (Lipinski definition) is 3. The molecule has 1 aromatic carbocycles. The normalized spacial score (nSPS) is 11.9. The van der Waals surface area contributed by atoms with Crippen molar-refractivity contribution in [3.8, 4) is 5.75 Å². The van der Waals surface area contributed by atoms with Gasteiger partial charge in [0.2, 0.25) is 5.91 Å². The summed E-state index contributed by atoms with van der Waals surface area (Å²) in [5.74, 6) is 0.0241. The third-order valence-corrected chi connectivity index (χ3v) is 2.42. The number of halogens is 1. The first kappa shape index (κ1) is 14.4. The molecule has 2 N–H and O–H groups in total. The minimum Gasteiger partial charge on any atom is -0.493 e. The van der Waals surface area contributed by atoms with Crippen LogP contribution in [0.4, 0.5) is 4.39 Å². The Morgan fingerprint density at radius 2 is 2.11 bits per heavy atom. The van der Waals surface area contributed by atoms with E-state index in [-0.39, 0.29) is 31.3 Å². The van der Waals surface area contributed by atoms with Crippen molar-refractivity contribution in [3.63, 3.8) is 0 Å². The molecule has 1 amide bonds. The molecule has 1 rings (SSSR count). The van der Waals surface area contributed by atoms with Crippen LogP contribution in [0.3, 0.4) is 0 Å². The van der Waals surface area contributed by atoms with E-state index in [0.717, 1.165) is 0 Å². The number of benzene rings is 1. The Morgan fingerprint density at radius 1 is 1.44 bits per heavy atom. The van der Waals surface area contributed by atoms with Gasteiger partial charge in [-0.15, -0.1) is 0 Å². The highest BCUT2D eigenvalue weighted by molar-refractivity contribution is 5.75.